The second kappa shape index (κ2) is 9.37. The van der Waals surface area contributed by atoms with Crippen LogP contribution >= 0.6 is 0 Å². The fourth-order valence-corrected chi connectivity index (χ4v) is 9.74. The largest absolute Gasteiger partial charge is 0.456 e. The molecule has 12 rings (SSSR count). The standard InChI is InChI=1S/C49H28O/c1-3-12-33-29(10-1)20-24-40-41-25-21-30-11-2-4-13-34(30)48(41)49(47(33)40)42-18-7-5-14-35(42)36-23-22-31(28-43(36)49)32-26-27-45-46-38(32)16-9-17-39(46)37-15-6-8-19-44(37)50-45/h1-28H. The highest BCUT2D eigenvalue weighted by molar-refractivity contribution is 6.12. The Balaban J connectivity index is 1.22. The summed E-state index contributed by atoms with van der Waals surface area (Å²) in [6.45, 7) is 0. The van der Waals surface area contributed by atoms with E-state index >= 15 is 0 Å². The second-order valence-corrected chi connectivity index (χ2v) is 13.9. The highest BCUT2D eigenvalue weighted by Crippen LogP contribution is 2.65. The van der Waals surface area contributed by atoms with E-state index in [2.05, 4.69) is 164 Å². The van der Waals surface area contributed by atoms with Gasteiger partial charge in [-0.1, -0.05) is 152 Å². The maximum absolute atomic E-state index is 6.49. The summed E-state index contributed by atoms with van der Waals surface area (Å²) >= 11 is 0. The Morgan fingerprint density at radius 1 is 0.340 bits per heavy atom. The van der Waals surface area contributed by atoms with Crippen LogP contribution in [0.3, 0.4) is 0 Å². The lowest BCUT2D eigenvalue weighted by Gasteiger charge is -2.32. The molecule has 0 saturated heterocycles. The molecule has 1 heteroatoms. The van der Waals surface area contributed by atoms with Crippen molar-refractivity contribution in [3.63, 3.8) is 0 Å². The van der Waals surface area contributed by atoms with Gasteiger partial charge in [0.2, 0.25) is 0 Å². The summed E-state index contributed by atoms with van der Waals surface area (Å²) in [5.74, 6) is 1.83. The molecule has 0 fully saturated rings. The van der Waals surface area contributed by atoms with Crippen molar-refractivity contribution in [3.8, 4) is 56.0 Å². The molecule has 0 saturated carbocycles. The van der Waals surface area contributed by atoms with Gasteiger partial charge in [-0.2, -0.15) is 0 Å². The van der Waals surface area contributed by atoms with Crippen LogP contribution in [-0.4, -0.2) is 0 Å². The lowest BCUT2D eigenvalue weighted by Crippen LogP contribution is -2.26. The minimum absolute atomic E-state index is 0.483. The SMILES string of the molecule is c1ccc2c(c1)Oc1ccc(-c3ccc4c(c3)C3(c5ccccc5-4)c4c(ccc5ccccc45)-c4ccc5ccccc5c43)c3cccc-2c13. The van der Waals surface area contributed by atoms with Gasteiger partial charge in [0, 0.05) is 10.9 Å². The summed E-state index contributed by atoms with van der Waals surface area (Å²) in [7, 11) is 0. The molecule has 1 aliphatic heterocycles. The third-order valence-corrected chi connectivity index (χ3v) is 11.7. The Bertz CT molecular complexity index is 2880. The Morgan fingerprint density at radius 3 is 1.70 bits per heavy atom. The van der Waals surface area contributed by atoms with Crippen molar-refractivity contribution in [3.05, 3.63) is 192 Å². The monoisotopic (exact) mass is 632 g/mol. The lowest BCUT2D eigenvalue weighted by atomic mass is 9.68. The molecular weight excluding hydrogens is 605 g/mol. The van der Waals surface area contributed by atoms with E-state index in [-0.39, 0.29) is 0 Å². The van der Waals surface area contributed by atoms with Gasteiger partial charge in [-0.25, -0.2) is 0 Å². The fraction of sp³-hybridized carbons (Fsp3) is 0.0204. The van der Waals surface area contributed by atoms with E-state index in [1.165, 1.54) is 93.5 Å². The van der Waals surface area contributed by atoms with Crippen LogP contribution < -0.4 is 4.74 Å². The van der Waals surface area contributed by atoms with Gasteiger partial charge in [0.05, 0.1) is 5.41 Å². The molecule has 0 amide bonds. The zero-order valence-electron chi connectivity index (χ0n) is 27.1. The van der Waals surface area contributed by atoms with E-state index in [0.29, 0.717) is 0 Å². The van der Waals surface area contributed by atoms with E-state index in [4.69, 9.17) is 4.74 Å². The first-order chi connectivity index (χ1) is 24.8. The average molecular weight is 633 g/mol. The molecule has 2 aliphatic carbocycles. The molecule has 3 aliphatic rings. The Kier molecular flexibility index (Phi) is 4.97. The lowest BCUT2D eigenvalue weighted by molar-refractivity contribution is 0.487. The normalized spacial score (nSPS) is 13.9. The minimum atomic E-state index is -0.483. The number of ether oxygens (including phenoxy) is 1. The van der Waals surface area contributed by atoms with Gasteiger partial charge in [-0.05, 0) is 106 Å². The Hall–Kier alpha value is -6.44. The smallest absolute Gasteiger partial charge is 0.135 e. The van der Waals surface area contributed by atoms with Crippen molar-refractivity contribution in [2.24, 2.45) is 0 Å². The molecule has 0 radical (unpaired) electrons. The summed E-state index contributed by atoms with van der Waals surface area (Å²) in [4.78, 5) is 0. The number of rotatable bonds is 1. The van der Waals surface area contributed by atoms with Crippen LogP contribution in [0, 0.1) is 0 Å². The molecule has 50 heavy (non-hydrogen) atoms. The van der Waals surface area contributed by atoms with Crippen molar-refractivity contribution in [1.29, 1.82) is 0 Å². The summed E-state index contributed by atoms with van der Waals surface area (Å²) < 4.78 is 6.49. The predicted octanol–water partition coefficient (Wildman–Crippen LogP) is 12.9. The van der Waals surface area contributed by atoms with Crippen LogP contribution in [0.5, 0.6) is 11.5 Å². The minimum Gasteiger partial charge on any atom is -0.456 e. The number of hydrogen-bond acceptors (Lipinski definition) is 1. The van der Waals surface area contributed by atoms with Crippen LogP contribution in [0.15, 0.2) is 170 Å². The zero-order valence-corrected chi connectivity index (χ0v) is 27.1. The van der Waals surface area contributed by atoms with Crippen molar-refractivity contribution in [1.82, 2.24) is 0 Å². The van der Waals surface area contributed by atoms with Crippen molar-refractivity contribution in [2.75, 3.05) is 0 Å². The number of benzene rings is 9. The maximum Gasteiger partial charge on any atom is 0.135 e. The van der Waals surface area contributed by atoms with Crippen LogP contribution in [0.1, 0.15) is 22.3 Å². The van der Waals surface area contributed by atoms with Crippen LogP contribution in [0.25, 0.3) is 76.8 Å². The van der Waals surface area contributed by atoms with Gasteiger partial charge >= 0.3 is 0 Å². The number of para-hydroxylation sites is 1. The summed E-state index contributed by atoms with van der Waals surface area (Å²) in [6.07, 6.45) is 0. The van der Waals surface area contributed by atoms with E-state index in [0.717, 1.165) is 17.1 Å². The molecule has 1 heterocycles. The van der Waals surface area contributed by atoms with Gasteiger partial charge < -0.3 is 4.74 Å². The topological polar surface area (TPSA) is 9.23 Å². The zero-order chi connectivity index (χ0) is 32.6. The first-order valence-electron chi connectivity index (χ1n) is 17.4. The van der Waals surface area contributed by atoms with Crippen molar-refractivity contribution in [2.45, 2.75) is 5.41 Å². The fourth-order valence-electron chi connectivity index (χ4n) is 9.74. The molecule has 1 nitrogen and oxygen atoms in total. The second-order valence-electron chi connectivity index (χ2n) is 13.9. The number of hydrogen-bond donors (Lipinski definition) is 0. The molecule has 0 N–H and O–H groups in total. The molecule has 0 atom stereocenters. The molecule has 0 bridgehead atoms. The molecule has 0 aromatic heterocycles. The van der Waals surface area contributed by atoms with Gasteiger partial charge in [0.1, 0.15) is 11.5 Å². The first-order valence-corrected chi connectivity index (χ1v) is 17.4. The van der Waals surface area contributed by atoms with E-state index < -0.39 is 5.41 Å². The highest BCUT2D eigenvalue weighted by atomic mass is 16.5. The van der Waals surface area contributed by atoms with Crippen LogP contribution in [0.4, 0.5) is 0 Å². The molecule has 9 aromatic rings. The van der Waals surface area contributed by atoms with Gasteiger partial charge in [-0.15, -0.1) is 0 Å². The summed E-state index contributed by atoms with van der Waals surface area (Å²) in [5.41, 5.74) is 15.1. The maximum atomic E-state index is 6.49. The van der Waals surface area contributed by atoms with E-state index in [1.54, 1.807) is 0 Å². The molecule has 9 aromatic carbocycles. The molecule has 1 spiro atoms. The molecule has 0 unspecified atom stereocenters. The van der Waals surface area contributed by atoms with Crippen LogP contribution in [-0.2, 0) is 5.41 Å². The van der Waals surface area contributed by atoms with Gasteiger partial charge in [-0.3, -0.25) is 0 Å². The van der Waals surface area contributed by atoms with Crippen molar-refractivity contribution < 1.29 is 4.74 Å². The Morgan fingerprint density at radius 2 is 0.920 bits per heavy atom. The predicted molar refractivity (Wildman–Crippen MR) is 206 cm³/mol. The van der Waals surface area contributed by atoms with Gasteiger partial charge in [0.15, 0.2) is 0 Å². The summed E-state index contributed by atoms with van der Waals surface area (Å²) in [6, 6.07) is 63.1. The third kappa shape index (κ3) is 3.14. The quantitative estimate of drug-likeness (QED) is 0.175. The Labute approximate surface area is 289 Å². The number of fused-ring (bicyclic) bond motifs is 16. The van der Waals surface area contributed by atoms with Crippen LogP contribution in [0.2, 0.25) is 0 Å². The molecule has 230 valence electrons. The highest BCUT2D eigenvalue weighted by Gasteiger charge is 2.53. The van der Waals surface area contributed by atoms with Crippen molar-refractivity contribution >= 4 is 32.3 Å². The molecular formula is C49H28O. The van der Waals surface area contributed by atoms with E-state index in [9.17, 15) is 0 Å². The first kappa shape index (κ1) is 26.5. The van der Waals surface area contributed by atoms with Gasteiger partial charge in [0.25, 0.3) is 0 Å². The van der Waals surface area contributed by atoms with E-state index in [1.807, 2.05) is 6.07 Å². The third-order valence-electron chi connectivity index (χ3n) is 11.7. The average Bonchev–Trinajstić information content (AvgIpc) is 3.65. The summed E-state index contributed by atoms with van der Waals surface area (Å²) in [5, 5.41) is 7.56.